The van der Waals surface area contributed by atoms with E-state index in [1.165, 1.54) is 19.3 Å². The van der Waals surface area contributed by atoms with Crippen LogP contribution in [-0.4, -0.2) is 18.0 Å². The number of imidazole rings is 1. The van der Waals surface area contributed by atoms with Gasteiger partial charge in [0, 0.05) is 18.7 Å². The number of primary sulfonamides is 1. The quantitative estimate of drug-likeness (QED) is 0.746. The van der Waals surface area contributed by atoms with E-state index in [4.69, 9.17) is 5.14 Å². The minimum atomic E-state index is -3.71. The van der Waals surface area contributed by atoms with Crippen molar-refractivity contribution in [1.82, 2.24) is 9.55 Å². The predicted octanol–water partition coefficient (Wildman–Crippen LogP) is 2.62. The van der Waals surface area contributed by atoms with Crippen LogP contribution in [0.1, 0.15) is 64.6 Å². The van der Waals surface area contributed by atoms with Crippen molar-refractivity contribution in [2.45, 2.75) is 70.4 Å². The van der Waals surface area contributed by atoms with Crippen LogP contribution in [0, 0.1) is 0 Å². The standard InChI is InChI=1S/C13H25N3O2S/c1-4-5-6-7-8-9-16-10-12(19(14,17)18)15-13(16)11(2)3/h10-11H,4-9H2,1-3H3,(H2,14,17,18). The number of hydrogen-bond acceptors (Lipinski definition) is 3. The molecule has 0 spiro atoms. The highest BCUT2D eigenvalue weighted by molar-refractivity contribution is 7.89. The van der Waals surface area contributed by atoms with Gasteiger partial charge in [0.05, 0.1) is 0 Å². The van der Waals surface area contributed by atoms with E-state index in [0.29, 0.717) is 0 Å². The molecule has 2 N–H and O–H groups in total. The number of nitrogens with two attached hydrogens (primary N) is 1. The predicted molar refractivity (Wildman–Crippen MR) is 76.4 cm³/mol. The van der Waals surface area contributed by atoms with Gasteiger partial charge in [-0.05, 0) is 6.42 Å². The number of unbranched alkanes of at least 4 members (excludes halogenated alkanes) is 4. The Labute approximate surface area is 116 Å². The lowest BCUT2D eigenvalue weighted by atomic mass is 10.1. The SMILES string of the molecule is CCCCCCCn1cc(S(N)(=O)=O)nc1C(C)C. The van der Waals surface area contributed by atoms with Crippen LogP contribution >= 0.6 is 0 Å². The average molecular weight is 287 g/mol. The summed E-state index contributed by atoms with van der Waals surface area (Å²) in [6.45, 7) is 7.00. The molecule has 0 atom stereocenters. The van der Waals surface area contributed by atoms with E-state index in [1.54, 1.807) is 6.20 Å². The van der Waals surface area contributed by atoms with Crippen LogP contribution < -0.4 is 5.14 Å². The summed E-state index contributed by atoms with van der Waals surface area (Å²) in [6.07, 6.45) is 7.46. The molecule has 0 aliphatic rings. The zero-order chi connectivity index (χ0) is 14.5. The van der Waals surface area contributed by atoms with Crippen molar-refractivity contribution >= 4 is 10.0 Å². The van der Waals surface area contributed by atoms with Gasteiger partial charge < -0.3 is 4.57 Å². The molecule has 0 radical (unpaired) electrons. The summed E-state index contributed by atoms with van der Waals surface area (Å²) in [5, 5.41) is 5.11. The molecule has 5 nitrogen and oxygen atoms in total. The zero-order valence-corrected chi connectivity index (χ0v) is 12.9. The third kappa shape index (κ3) is 4.95. The Kier molecular flexibility index (Phi) is 6.00. The number of aryl methyl sites for hydroxylation is 1. The van der Waals surface area contributed by atoms with Gasteiger partial charge in [0.15, 0.2) is 5.03 Å². The van der Waals surface area contributed by atoms with E-state index in [1.807, 2.05) is 18.4 Å². The monoisotopic (exact) mass is 287 g/mol. The molecule has 1 heterocycles. The molecule has 0 bridgehead atoms. The smallest absolute Gasteiger partial charge is 0.257 e. The summed E-state index contributed by atoms with van der Waals surface area (Å²) in [7, 11) is -3.71. The Morgan fingerprint density at radius 1 is 1.26 bits per heavy atom. The number of hydrogen-bond donors (Lipinski definition) is 1. The zero-order valence-electron chi connectivity index (χ0n) is 12.1. The summed E-state index contributed by atoms with van der Waals surface area (Å²) >= 11 is 0. The molecule has 0 fully saturated rings. The van der Waals surface area contributed by atoms with Gasteiger partial charge in [-0.25, -0.2) is 18.5 Å². The summed E-state index contributed by atoms with van der Waals surface area (Å²) < 4.78 is 24.6. The van der Waals surface area contributed by atoms with Gasteiger partial charge in [-0.2, -0.15) is 0 Å². The Bertz CT molecular complexity index is 492. The summed E-state index contributed by atoms with van der Waals surface area (Å²) in [5.74, 6) is 0.977. The van der Waals surface area contributed by atoms with Crippen molar-refractivity contribution in [1.29, 1.82) is 0 Å². The Morgan fingerprint density at radius 2 is 1.89 bits per heavy atom. The van der Waals surface area contributed by atoms with Gasteiger partial charge >= 0.3 is 0 Å². The second-order valence-electron chi connectivity index (χ2n) is 5.24. The van der Waals surface area contributed by atoms with Crippen LogP contribution in [0.25, 0.3) is 0 Å². The minimum absolute atomic E-state index is 0.0234. The molecule has 0 saturated carbocycles. The van der Waals surface area contributed by atoms with Gasteiger partial charge in [0.25, 0.3) is 10.0 Å². The highest BCUT2D eigenvalue weighted by Gasteiger charge is 2.17. The van der Waals surface area contributed by atoms with E-state index < -0.39 is 10.0 Å². The third-order valence-electron chi connectivity index (χ3n) is 3.10. The van der Waals surface area contributed by atoms with Crippen molar-refractivity contribution in [2.75, 3.05) is 0 Å². The van der Waals surface area contributed by atoms with E-state index in [2.05, 4.69) is 11.9 Å². The molecule has 0 saturated heterocycles. The molecule has 0 aliphatic heterocycles. The molecule has 1 rings (SSSR count). The Hall–Kier alpha value is -0.880. The van der Waals surface area contributed by atoms with Crippen molar-refractivity contribution in [3.05, 3.63) is 12.0 Å². The van der Waals surface area contributed by atoms with Crippen LogP contribution in [0.3, 0.4) is 0 Å². The summed E-state index contributed by atoms with van der Waals surface area (Å²) in [4.78, 5) is 4.15. The van der Waals surface area contributed by atoms with Gasteiger partial charge in [-0.1, -0.05) is 46.5 Å². The molecular formula is C13H25N3O2S. The normalized spacial score (nSPS) is 12.3. The third-order valence-corrected chi connectivity index (χ3v) is 3.88. The first kappa shape index (κ1) is 16.2. The molecule has 0 amide bonds. The van der Waals surface area contributed by atoms with Crippen LogP contribution in [0.2, 0.25) is 0 Å². The van der Waals surface area contributed by atoms with Gasteiger partial charge in [0.2, 0.25) is 0 Å². The topological polar surface area (TPSA) is 78.0 Å². The fourth-order valence-corrected chi connectivity index (χ4v) is 2.56. The number of rotatable bonds is 8. The summed E-state index contributed by atoms with van der Waals surface area (Å²) in [6, 6.07) is 0. The van der Waals surface area contributed by atoms with Crippen molar-refractivity contribution in [2.24, 2.45) is 5.14 Å². The first-order chi connectivity index (χ1) is 8.86. The fraction of sp³-hybridized carbons (Fsp3) is 0.769. The molecule has 0 aliphatic carbocycles. The molecule has 1 aromatic heterocycles. The molecular weight excluding hydrogens is 262 g/mol. The maximum absolute atomic E-state index is 11.3. The van der Waals surface area contributed by atoms with E-state index in [0.717, 1.165) is 25.2 Å². The van der Waals surface area contributed by atoms with Crippen LogP contribution in [0.15, 0.2) is 11.2 Å². The van der Waals surface area contributed by atoms with E-state index in [-0.39, 0.29) is 10.9 Å². The second kappa shape index (κ2) is 7.05. The average Bonchev–Trinajstić information content (AvgIpc) is 2.72. The lowest BCUT2D eigenvalue weighted by molar-refractivity contribution is 0.544. The van der Waals surface area contributed by atoms with Gasteiger partial charge in [-0.15, -0.1) is 0 Å². The van der Waals surface area contributed by atoms with E-state index >= 15 is 0 Å². The highest BCUT2D eigenvalue weighted by atomic mass is 32.2. The Balaban J connectivity index is 2.73. The molecule has 0 aromatic carbocycles. The molecule has 110 valence electrons. The van der Waals surface area contributed by atoms with Crippen molar-refractivity contribution in [3.63, 3.8) is 0 Å². The fourth-order valence-electron chi connectivity index (χ4n) is 2.07. The molecule has 0 unspecified atom stereocenters. The van der Waals surface area contributed by atoms with Crippen LogP contribution in [0.4, 0.5) is 0 Å². The number of sulfonamides is 1. The van der Waals surface area contributed by atoms with Gasteiger partial charge in [0.1, 0.15) is 5.82 Å². The van der Waals surface area contributed by atoms with Crippen molar-refractivity contribution < 1.29 is 8.42 Å². The lowest BCUT2D eigenvalue weighted by Gasteiger charge is -2.09. The van der Waals surface area contributed by atoms with Gasteiger partial charge in [-0.3, -0.25) is 0 Å². The minimum Gasteiger partial charge on any atom is -0.333 e. The maximum Gasteiger partial charge on any atom is 0.257 e. The highest BCUT2D eigenvalue weighted by Crippen LogP contribution is 2.17. The number of aromatic nitrogens is 2. The second-order valence-corrected chi connectivity index (χ2v) is 6.75. The first-order valence-electron chi connectivity index (χ1n) is 6.96. The van der Waals surface area contributed by atoms with Crippen LogP contribution in [0.5, 0.6) is 0 Å². The molecule has 6 heteroatoms. The van der Waals surface area contributed by atoms with Crippen LogP contribution in [-0.2, 0) is 16.6 Å². The number of nitrogens with zero attached hydrogens (tertiary/aromatic N) is 2. The lowest BCUT2D eigenvalue weighted by Crippen LogP contribution is -2.12. The maximum atomic E-state index is 11.3. The molecule has 1 aromatic rings. The summed E-state index contributed by atoms with van der Waals surface area (Å²) in [5.41, 5.74) is 0. The largest absolute Gasteiger partial charge is 0.333 e. The molecule has 19 heavy (non-hydrogen) atoms. The first-order valence-corrected chi connectivity index (χ1v) is 8.50. The van der Waals surface area contributed by atoms with E-state index in [9.17, 15) is 8.42 Å². The van der Waals surface area contributed by atoms with Crippen molar-refractivity contribution in [3.8, 4) is 0 Å². The Morgan fingerprint density at radius 3 is 2.42 bits per heavy atom.